The lowest BCUT2D eigenvalue weighted by molar-refractivity contribution is 0.0600. The first-order valence-corrected chi connectivity index (χ1v) is 9.99. The molecular formula is C23H26O2S. The molecule has 0 spiro atoms. The molecule has 1 heterocycles. The summed E-state index contributed by atoms with van der Waals surface area (Å²) in [6.45, 7) is 6.85. The zero-order chi connectivity index (χ0) is 18.7. The molecule has 0 atom stereocenters. The number of ether oxygens (including phenoxy) is 1. The molecule has 0 aliphatic carbocycles. The molecule has 136 valence electrons. The molecule has 0 N–H and O–H groups in total. The molecule has 0 bridgehead atoms. The van der Waals surface area contributed by atoms with Crippen molar-refractivity contribution in [1.29, 1.82) is 0 Å². The van der Waals surface area contributed by atoms with E-state index in [2.05, 4.69) is 45.0 Å². The molecule has 0 unspecified atom stereocenters. The van der Waals surface area contributed by atoms with Gasteiger partial charge in [0.15, 0.2) is 0 Å². The number of rotatable bonds is 3. The Bertz CT molecular complexity index is 832. The number of esters is 1. The number of carbonyl (C=O) groups is 1. The molecule has 0 amide bonds. The van der Waals surface area contributed by atoms with Crippen LogP contribution in [-0.2, 0) is 11.2 Å². The van der Waals surface area contributed by atoms with Gasteiger partial charge in [-0.2, -0.15) is 0 Å². The van der Waals surface area contributed by atoms with E-state index >= 15 is 0 Å². The van der Waals surface area contributed by atoms with Crippen molar-refractivity contribution in [2.75, 3.05) is 12.9 Å². The Labute approximate surface area is 160 Å². The van der Waals surface area contributed by atoms with Gasteiger partial charge in [0.25, 0.3) is 0 Å². The molecule has 3 rings (SSSR count). The summed E-state index contributed by atoms with van der Waals surface area (Å²) < 4.78 is 4.75. The number of allylic oxidation sites excluding steroid dienone is 1. The highest BCUT2D eigenvalue weighted by Crippen LogP contribution is 2.39. The van der Waals surface area contributed by atoms with Crippen LogP contribution in [-0.4, -0.2) is 18.8 Å². The first kappa shape index (κ1) is 18.8. The summed E-state index contributed by atoms with van der Waals surface area (Å²) in [5, 5.41) is 0. The molecule has 2 aromatic rings. The minimum atomic E-state index is -0.303. The van der Waals surface area contributed by atoms with Gasteiger partial charge in [0.05, 0.1) is 12.7 Å². The first-order chi connectivity index (χ1) is 12.4. The van der Waals surface area contributed by atoms with Crippen LogP contribution in [0.4, 0.5) is 0 Å². The Morgan fingerprint density at radius 2 is 1.81 bits per heavy atom. The first-order valence-electron chi connectivity index (χ1n) is 9.01. The fourth-order valence-corrected chi connectivity index (χ4v) is 4.38. The van der Waals surface area contributed by atoms with E-state index in [1.807, 2.05) is 23.9 Å². The maximum absolute atomic E-state index is 11.5. The number of thioether (sulfide) groups is 1. The highest BCUT2D eigenvalue weighted by atomic mass is 32.2. The molecule has 1 aliphatic rings. The van der Waals surface area contributed by atoms with Gasteiger partial charge >= 0.3 is 5.97 Å². The Morgan fingerprint density at radius 1 is 1.12 bits per heavy atom. The Hall–Kier alpha value is -2.00. The molecule has 0 saturated carbocycles. The van der Waals surface area contributed by atoms with E-state index in [-0.39, 0.29) is 5.97 Å². The van der Waals surface area contributed by atoms with Crippen molar-refractivity contribution in [3.63, 3.8) is 0 Å². The molecule has 2 nitrogen and oxygen atoms in total. The smallest absolute Gasteiger partial charge is 0.337 e. The molecule has 0 aromatic heterocycles. The van der Waals surface area contributed by atoms with Gasteiger partial charge in [0, 0.05) is 10.6 Å². The maximum atomic E-state index is 11.5. The quantitative estimate of drug-likeness (QED) is 0.485. The van der Waals surface area contributed by atoms with Gasteiger partial charge in [-0.1, -0.05) is 44.2 Å². The summed E-state index contributed by atoms with van der Waals surface area (Å²) in [5.41, 5.74) is 6.01. The molecule has 26 heavy (non-hydrogen) atoms. The van der Waals surface area contributed by atoms with Crippen LogP contribution in [0.15, 0.2) is 47.4 Å². The Morgan fingerprint density at radius 3 is 2.50 bits per heavy atom. The fraction of sp³-hybridized carbons (Fsp3) is 0.348. The summed E-state index contributed by atoms with van der Waals surface area (Å²) in [6, 6.07) is 14.4. The largest absolute Gasteiger partial charge is 0.465 e. The average Bonchev–Trinajstić information content (AvgIpc) is 2.80. The normalized spacial score (nSPS) is 16.5. The number of aryl methyl sites for hydroxylation is 1. The second-order valence-electron chi connectivity index (χ2n) is 7.72. The van der Waals surface area contributed by atoms with E-state index in [4.69, 9.17) is 4.74 Å². The minimum absolute atomic E-state index is 0.303. The van der Waals surface area contributed by atoms with Gasteiger partial charge in [-0.15, -0.1) is 11.8 Å². The lowest BCUT2D eigenvalue weighted by Crippen LogP contribution is -2.13. The van der Waals surface area contributed by atoms with E-state index in [0.717, 1.165) is 12.0 Å². The third-order valence-corrected chi connectivity index (χ3v) is 6.54. The summed E-state index contributed by atoms with van der Waals surface area (Å²) in [6.07, 6.45) is 4.56. The van der Waals surface area contributed by atoms with E-state index in [1.54, 1.807) is 12.1 Å². The number of carbonyl (C=O) groups excluding carboxylic acids is 1. The van der Waals surface area contributed by atoms with E-state index in [0.29, 0.717) is 11.0 Å². The number of hydrogen-bond acceptors (Lipinski definition) is 3. The zero-order valence-electron chi connectivity index (χ0n) is 16.0. The lowest BCUT2D eigenvalue weighted by Gasteiger charge is -2.20. The van der Waals surface area contributed by atoms with Crippen LogP contribution in [0.3, 0.4) is 0 Å². The van der Waals surface area contributed by atoms with Gasteiger partial charge in [-0.3, -0.25) is 0 Å². The topological polar surface area (TPSA) is 26.3 Å². The molecule has 0 saturated heterocycles. The predicted octanol–water partition coefficient (Wildman–Crippen LogP) is 6.10. The predicted molar refractivity (Wildman–Crippen MR) is 111 cm³/mol. The fourth-order valence-electron chi connectivity index (χ4n) is 3.13. The van der Waals surface area contributed by atoms with Gasteiger partial charge in [0.2, 0.25) is 0 Å². The van der Waals surface area contributed by atoms with Crippen molar-refractivity contribution < 1.29 is 9.53 Å². The standard InChI is InChI=1S/C23H26O2S/c1-16(13-17-5-7-19(8-6-17)22(24)25-4)20-10-9-18-11-12-23(2,3)15-26-21(18)14-20/h5-10,13-14H,11-12,15H2,1-4H3/b16-13+. The maximum Gasteiger partial charge on any atom is 0.337 e. The molecule has 0 fully saturated rings. The summed E-state index contributed by atoms with van der Waals surface area (Å²) in [4.78, 5) is 13.0. The summed E-state index contributed by atoms with van der Waals surface area (Å²) >= 11 is 1.98. The SMILES string of the molecule is COC(=O)c1ccc(/C=C(\C)c2ccc3c(c2)SCC(C)(C)CC3)cc1. The average molecular weight is 367 g/mol. The zero-order valence-corrected chi connectivity index (χ0v) is 16.8. The molecule has 3 heteroatoms. The third kappa shape index (κ3) is 4.39. The van der Waals surface area contributed by atoms with Crippen LogP contribution >= 0.6 is 11.8 Å². The van der Waals surface area contributed by atoms with Crippen LogP contribution in [0.5, 0.6) is 0 Å². The van der Waals surface area contributed by atoms with Crippen molar-refractivity contribution in [3.05, 3.63) is 64.7 Å². The molecule has 2 aromatic carbocycles. The second kappa shape index (κ2) is 7.71. The van der Waals surface area contributed by atoms with Gasteiger partial charge in [0.1, 0.15) is 0 Å². The highest BCUT2D eigenvalue weighted by molar-refractivity contribution is 7.99. The minimum Gasteiger partial charge on any atom is -0.465 e. The van der Waals surface area contributed by atoms with Gasteiger partial charge in [-0.05, 0) is 65.6 Å². The molecule has 0 radical (unpaired) electrons. The van der Waals surface area contributed by atoms with Crippen LogP contribution in [0.2, 0.25) is 0 Å². The lowest BCUT2D eigenvalue weighted by atomic mass is 9.88. The van der Waals surface area contributed by atoms with Gasteiger partial charge < -0.3 is 4.74 Å². The third-order valence-electron chi connectivity index (χ3n) is 4.93. The molecule has 1 aliphatic heterocycles. The van der Waals surface area contributed by atoms with Crippen molar-refractivity contribution >= 4 is 29.4 Å². The number of methoxy groups -OCH3 is 1. The number of benzene rings is 2. The van der Waals surface area contributed by atoms with Crippen molar-refractivity contribution in [2.24, 2.45) is 5.41 Å². The number of hydrogen-bond donors (Lipinski definition) is 0. The van der Waals surface area contributed by atoms with E-state index in [1.165, 1.54) is 40.9 Å². The van der Waals surface area contributed by atoms with Crippen molar-refractivity contribution in [1.82, 2.24) is 0 Å². The second-order valence-corrected chi connectivity index (χ2v) is 8.73. The molecular weight excluding hydrogens is 340 g/mol. The Kier molecular flexibility index (Phi) is 5.57. The highest BCUT2D eigenvalue weighted by Gasteiger charge is 2.23. The number of fused-ring (bicyclic) bond motifs is 1. The van der Waals surface area contributed by atoms with Crippen molar-refractivity contribution in [3.8, 4) is 0 Å². The monoisotopic (exact) mass is 366 g/mol. The van der Waals surface area contributed by atoms with Crippen LogP contribution in [0.1, 0.15) is 54.2 Å². The van der Waals surface area contributed by atoms with Crippen molar-refractivity contribution in [2.45, 2.75) is 38.5 Å². The Balaban J connectivity index is 1.82. The summed E-state index contributed by atoms with van der Waals surface area (Å²) in [7, 11) is 1.40. The van der Waals surface area contributed by atoms with Gasteiger partial charge in [-0.25, -0.2) is 4.79 Å². The van der Waals surface area contributed by atoms with Crippen LogP contribution < -0.4 is 0 Å². The van der Waals surface area contributed by atoms with Crippen LogP contribution in [0, 0.1) is 5.41 Å². The van der Waals surface area contributed by atoms with E-state index < -0.39 is 0 Å². The van der Waals surface area contributed by atoms with E-state index in [9.17, 15) is 4.79 Å². The van der Waals surface area contributed by atoms with Crippen LogP contribution in [0.25, 0.3) is 11.6 Å². The summed E-state index contributed by atoms with van der Waals surface area (Å²) in [5.74, 6) is 0.865.